The summed E-state index contributed by atoms with van der Waals surface area (Å²) in [4.78, 5) is 5.03. The lowest BCUT2D eigenvalue weighted by Gasteiger charge is -2.11. The number of fused-ring (bicyclic) bond motifs is 4. The molecule has 8 aromatic rings. The molecule has 8 rings (SSSR count). The van der Waals surface area contributed by atoms with Crippen LogP contribution in [0.1, 0.15) is 0 Å². The van der Waals surface area contributed by atoms with E-state index in [1.807, 2.05) is 12.1 Å². The Balaban J connectivity index is 1.26. The van der Waals surface area contributed by atoms with Gasteiger partial charge in [0.2, 0.25) is 0 Å². The molecule has 0 amide bonds. The van der Waals surface area contributed by atoms with Gasteiger partial charge in [-0.1, -0.05) is 103 Å². The summed E-state index contributed by atoms with van der Waals surface area (Å²) in [6.45, 7) is 0. The first kappa shape index (κ1) is 22.6. The van der Waals surface area contributed by atoms with Gasteiger partial charge in [0.05, 0.1) is 22.1 Å². The molecular formula is C37H25N3. The fourth-order valence-corrected chi connectivity index (χ4v) is 5.88. The Morgan fingerprint density at radius 3 is 1.68 bits per heavy atom. The van der Waals surface area contributed by atoms with Gasteiger partial charge in [-0.2, -0.15) is 0 Å². The number of hydrogen-bond acceptors (Lipinski definition) is 1. The quantitative estimate of drug-likeness (QED) is 0.231. The van der Waals surface area contributed by atoms with E-state index in [4.69, 9.17) is 4.98 Å². The van der Waals surface area contributed by atoms with Crippen molar-refractivity contribution in [2.45, 2.75) is 0 Å². The Morgan fingerprint density at radius 2 is 0.925 bits per heavy atom. The van der Waals surface area contributed by atoms with Gasteiger partial charge < -0.3 is 4.57 Å². The molecule has 0 atom stereocenters. The Kier molecular flexibility index (Phi) is 5.14. The minimum atomic E-state index is 0.943. The van der Waals surface area contributed by atoms with Crippen molar-refractivity contribution < 1.29 is 0 Å². The van der Waals surface area contributed by atoms with Gasteiger partial charge in [0.1, 0.15) is 5.82 Å². The molecular weight excluding hydrogens is 486 g/mol. The zero-order valence-electron chi connectivity index (χ0n) is 21.8. The summed E-state index contributed by atoms with van der Waals surface area (Å²) >= 11 is 0. The van der Waals surface area contributed by atoms with Crippen LogP contribution in [-0.4, -0.2) is 14.1 Å². The average molecular weight is 512 g/mol. The second-order valence-corrected chi connectivity index (χ2v) is 10.1. The minimum Gasteiger partial charge on any atom is -0.309 e. The second-order valence-electron chi connectivity index (χ2n) is 10.1. The molecule has 2 aromatic heterocycles. The van der Waals surface area contributed by atoms with Gasteiger partial charge in [0.25, 0.3) is 0 Å². The van der Waals surface area contributed by atoms with E-state index in [0.29, 0.717) is 0 Å². The summed E-state index contributed by atoms with van der Waals surface area (Å²) in [5.74, 6) is 0.943. The van der Waals surface area contributed by atoms with Crippen LogP contribution in [0.4, 0.5) is 0 Å². The third kappa shape index (κ3) is 3.56. The third-order valence-electron chi connectivity index (χ3n) is 7.74. The van der Waals surface area contributed by atoms with Crippen LogP contribution in [0, 0.1) is 0 Å². The highest BCUT2D eigenvalue weighted by Gasteiger charge is 2.15. The van der Waals surface area contributed by atoms with Gasteiger partial charge in [-0.25, -0.2) is 4.98 Å². The molecule has 0 aliphatic carbocycles. The van der Waals surface area contributed by atoms with Gasteiger partial charge in [0, 0.05) is 27.7 Å². The Bertz CT molecular complexity index is 2130. The van der Waals surface area contributed by atoms with Gasteiger partial charge >= 0.3 is 0 Å². The number of nitrogens with zero attached hydrogens (tertiary/aromatic N) is 3. The van der Waals surface area contributed by atoms with Crippen molar-refractivity contribution in [2.75, 3.05) is 0 Å². The molecule has 3 heteroatoms. The van der Waals surface area contributed by atoms with Crippen molar-refractivity contribution in [1.29, 1.82) is 0 Å². The predicted molar refractivity (Wildman–Crippen MR) is 166 cm³/mol. The lowest BCUT2D eigenvalue weighted by atomic mass is 10.0. The van der Waals surface area contributed by atoms with Crippen molar-refractivity contribution in [3.8, 4) is 33.9 Å². The number of rotatable bonds is 4. The van der Waals surface area contributed by atoms with Crippen LogP contribution in [0.25, 0.3) is 66.7 Å². The number of hydrogen-bond donors (Lipinski definition) is 0. The van der Waals surface area contributed by atoms with Crippen LogP contribution in [0.15, 0.2) is 152 Å². The van der Waals surface area contributed by atoms with Crippen LogP contribution in [-0.2, 0) is 0 Å². The maximum Gasteiger partial charge on any atom is 0.145 e. The van der Waals surface area contributed by atoms with Crippen LogP contribution in [0.2, 0.25) is 0 Å². The van der Waals surface area contributed by atoms with Gasteiger partial charge in [-0.05, 0) is 59.7 Å². The highest BCUT2D eigenvalue weighted by molar-refractivity contribution is 6.10. The average Bonchev–Trinajstić information content (AvgIpc) is 3.58. The summed E-state index contributed by atoms with van der Waals surface area (Å²) in [5, 5.41) is 2.53. The number of aromatic nitrogens is 3. The smallest absolute Gasteiger partial charge is 0.145 e. The van der Waals surface area contributed by atoms with E-state index >= 15 is 0 Å². The molecule has 0 saturated carbocycles. The molecule has 188 valence electrons. The van der Waals surface area contributed by atoms with E-state index in [1.54, 1.807) is 0 Å². The third-order valence-corrected chi connectivity index (χ3v) is 7.74. The Morgan fingerprint density at radius 1 is 0.375 bits per heavy atom. The summed E-state index contributed by atoms with van der Waals surface area (Å²) in [6, 6.07) is 53.6. The van der Waals surface area contributed by atoms with E-state index < -0.39 is 0 Å². The van der Waals surface area contributed by atoms with Crippen molar-refractivity contribution >= 4 is 32.8 Å². The molecule has 6 aromatic carbocycles. The molecule has 3 nitrogen and oxygen atoms in total. The summed E-state index contributed by atoms with van der Waals surface area (Å²) < 4.78 is 4.61. The van der Waals surface area contributed by atoms with Crippen LogP contribution in [0.5, 0.6) is 0 Å². The Labute approximate surface area is 232 Å². The van der Waals surface area contributed by atoms with E-state index in [9.17, 15) is 0 Å². The van der Waals surface area contributed by atoms with Crippen molar-refractivity contribution in [1.82, 2.24) is 14.1 Å². The van der Waals surface area contributed by atoms with Crippen molar-refractivity contribution in [3.05, 3.63) is 152 Å². The molecule has 0 spiro atoms. The fourth-order valence-electron chi connectivity index (χ4n) is 5.88. The summed E-state index contributed by atoms with van der Waals surface area (Å²) in [7, 11) is 0. The summed E-state index contributed by atoms with van der Waals surface area (Å²) in [6.07, 6.45) is 0. The molecule has 0 aliphatic rings. The van der Waals surface area contributed by atoms with Crippen molar-refractivity contribution in [3.63, 3.8) is 0 Å². The zero-order chi connectivity index (χ0) is 26.5. The van der Waals surface area contributed by atoms with E-state index in [-0.39, 0.29) is 0 Å². The molecule has 40 heavy (non-hydrogen) atoms. The first-order chi connectivity index (χ1) is 19.8. The highest BCUT2D eigenvalue weighted by atomic mass is 15.1. The number of imidazole rings is 1. The van der Waals surface area contributed by atoms with Gasteiger partial charge in [0.15, 0.2) is 0 Å². The monoisotopic (exact) mass is 511 g/mol. The van der Waals surface area contributed by atoms with Crippen LogP contribution >= 0.6 is 0 Å². The van der Waals surface area contributed by atoms with Gasteiger partial charge in [-0.15, -0.1) is 0 Å². The molecule has 0 aliphatic heterocycles. The molecule has 0 bridgehead atoms. The summed E-state index contributed by atoms with van der Waals surface area (Å²) in [5.41, 5.74) is 10.2. The van der Waals surface area contributed by atoms with Crippen LogP contribution in [0.3, 0.4) is 0 Å². The SMILES string of the molecule is c1ccc(-n2c(-c3ccc(-c4ccc5c6ccccc6n(-c6ccccc6)c5c4)cc3)nc3ccccc32)cc1. The zero-order valence-corrected chi connectivity index (χ0v) is 21.8. The van der Waals surface area contributed by atoms with Crippen LogP contribution < -0.4 is 0 Å². The minimum absolute atomic E-state index is 0.943. The Hall–Kier alpha value is -5.41. The first-order valence-corrected chi connectivity index (χ1v) is 13.6. The van der Waals surface area contributed by atoms with E-state index in [0.717, 1.165) is 28.1 Å². The maximum absolute atomic E-state index is 5.03. The van der Waals surface area contributed by atoms with E-state index in [1.165, 1.54) is 38.6 Å². The molecule has 0 saturated heterocycles. The molecule has 0 unspecified atom stereocenters. The predicted octanol–water partition coefficient (Wildman–Crippen LogP) is 9.46. The molecule has 0 fully saturated rings. The molecule has 2 heterocycles. The number of benzene rings is 6. The fraction of sp³-hybridized carbons (Fsp3) is 0. The normalized spacial score (nSPS) is 11.5. The van der Waals surface area contributed by atoms with Gasteiger partial charge in [-0.3, -0.25) is 4.57 Å². The maximum atomic E-state index is 5.03. The highest BCUT2D eigenvalue weighted by Crippen LogP contribution is 2.35. The molecule has 0 radical (unpaired) electrons. The first-order valence-electron chi connectivity index (χ1n) is 13.6. The topological polar surface area (TPSA) is 22.8 Å². The van der Waals surface area contributed by atoms with Crippen molar-refractivity contribution in [2.24, 2.45) is 0 Å². The lowest BCUT2D eigenvalue weighted by molar-refractivity contribution is 1.10. The van der Waals surface area contributed by atoms with E-state index in [2.05, 4.69) is 149 Å². The number of para-hydroxylation sites is 5. The lowest BCUT2D eigenvalue weighted by Crippen LogP contribution is -1.97. The largest absolute Gasteiger partial charge is 0.309 e. The second kappa shape index (κ2) is 9.11. The standard InChI is InChI=1S/C37H25N3/c1-3-11-29(12-4-1)39-34-17-9-7-15-31(34)32-24-23-28(25-36(32)39)26-19-21-27(22-20-26)37-38-33-16-8-10-18-35(33)40(37)30-13-5-2-6-14-30/h1-25H. The molecule has 0 N–H and O–H groups in total.